The molecule has 0 radical (unpaired) electrons. The number of thiophene rings is 1. The second kappa shape index (κ2) is 7.19. The SMILES string of the molecule is CC(C)c1nnc(CCNC(=O)CCc2cccs2)o1. The molecule has 2 aromatic heterocycles. The zero-order chi connectivity index (χ0) is 14.4. The van der Waals surface area contributed by atoms with Gasteiger partial charge in [-0.3, -0.25) is 4.79 Å². The molecular weight excluding hydrogens is 274 g/mol. The highest BCUT2D eigenvalue weighted by molar-refractivity contribution is 7.09. The number of amides is 1. The summed E-state index contributed by atoms with van der Waals surface area (Å²) in [6, 6.07) is 4.05. The molecule has 6 heteroatoms. The Labute approximate surface area is 122 Å². The first-order chi connectivity index (χ1) is 9.65. The number of aryl methyl sites for hydroxylation is 1. The van der Waals surface area contributed by atoms with Gasteiger partial charge in [-0.1, -0.05) is 19.9 Å². The highest BCUT2D eigenvalue weighted by Crippen LogP contribution is 2.12. The third-order valence-corrected chi connectivity index (χ3v) is 3.75. The Morgan fingerprint density at radius 1 is 1.40 bits per heavy atom. The Balaban J connectivity index is 1.65. The summed E-state index contributed by atoms with van der Waals surface area (Å²) in [4.78, 5) is 12.9. The lowest BCUT2D eigenvalue weighted by Crippen LogP contribution is -2.25. The van der Waals surface area contributed by atoms with Gasteiger partial charge in [-0.05, 0) is 17.9 Å². The van der Waals surface area contributed by atoms with Crippen LogP contribution in [0.25, 0.3) is 0 Å². The van der Waals surface area contributed by atoms with Gasteiger partial charge >= 0.3 is 0 Å². The predicted molar refractivity (Wildman–Crippen MR) is 77.7 cm³/mol. The van der Waals surface area contributed by atoms with Crippen LogP contribution in [0.5, 0.6) is 0 Å². The van der Waals surface area contributed by atoms with E-state index in [0.717, 1.165) is 6.42 Å². The third kappa shape index (κ3) is 4.45. The Morgan fingerprint density at radius 3 is 2.90 bits per heavy atom. The van der Waals surface area contributed by atoms with Crippen molar-refractivity contribution in [3.8, 4) is 0 Å². The molecule has 2 rings (SSSR count). The van der Waals surface area contributed by atoms with Gasteiger partial charge in [0.2, 0.25) is 17.7 Å². The van der Waals surface area contributed by atoms with Crippen molar-refractivity contribution in [2.24, 2.45) is 0 Å². The zero-order valence-electron chi connectivity index (χ0n) is 11.8. The summed E-state index contributed by atoms with van der Waals surface area (Å²) in [7, 11) is 0. The van der Waals surface area contributed by atoms with E-state index in [1.54, 1.807) is 11.3 Å². The average Bonchev–Trinajstić information content (AvgIpc) is 3.07. The Hall–Kier alpha value is -1.69. The van der Waals surface area contributed by atoms with Crippen LogP contribution in [0.2, 0.25) is 0 Å². The van der Waals surface area contributed by atoms with E-state index in [-0.39, 0.29) is 11.8 Å². The number of carbonyl (C=O) groups is 1. The molecule has 0 saturated carbocycles. The highest BCUT2D eigenvalue weighted by Gasteiger charge is 2.09. The van der Waals surface area contributed by atoms with Crippen molar-refractivity contribution < 1.29 is 9.21 Å². The standard InChI is InChI=1S/C14H19N3O2S/c1-10(2)14-17-16-13(19-14)7-8-15-12(18)6-5-11-4-3-9-20-11/h3-4,9-10H,5-8H2,1-2H3,(H,15,18). The van der Waals surface area contributed by atoms with Crippen molar-refractivity contribution in [2.45, 2.75) is 39.0 Å². The molecule has 0 bridgehead atoms. The molecule has 0 aliphatic heterocycles. The lowest BCUT2D eigenvalue weighted by Gasteiger charge is -2.02. The number of nitrogens with zero attached hydrogens (tertiary/aromatic N) is 2. The van der Waals surface area contributed by atoms with E-state index in [2.05, 4.69) is 15.5 Å². The van der Waals surface area contributed by atoms with Crippen LogP contribution in [-0.2, 0) is 17.6 Å². The molecule has 2 aromatic rings. The van der Waals surface area contributed by atoms with Gasteiger partial charge in [0.1, 0.15) is 0 Å². The van der Waals surface area contributed by atoms with E-state index in [1.807, 2.05) is 31.4 Å². The van der Waals surface area contributed by atoms with E-state index in [9.17, 15) is 4.79 Å². The molecular formula is C14H19N3O2S. The maximum absolute atomic E-state index is 11.7. The van der Waals surface area contributed by atoms with Crippen LogP contribution in [0.15, 0.2) is 21.9 Å². The molecule has 20 heavy (non-hydrogen) atoms. The molecule has 108 valence electrons. The van der Waals surface area contributed by atoms with Gasteiger partial charge in [0, 0.05) is 30.2 Å². The van der Waals surface area contributed by atoms with Crippen molar-refractivity contribution in [1.29, 1.82) is 0 Å². The number of rotatable bonds is 7. The van der Waals surface area contributed by atoms with Crippen molar-refractivity contribution in [3.63, 3.8) is 0 Å². The molecule has 0 spiro atoms. The molecule has 0 aromatic carbocycles. The first kappa shape index (κ1) is 14.7. The number of carbonyl (C=O) groups excluding carboxylic acids is 1. The van der Waals surface area contributed by atoms with Gasteiger partial charge in [-0.15, -0.1) is 21.5 Å². The molecule has 5 nitrogen and oxygen atoms in total. The van der Waals surface area contributed by atoms with Crippen LogP contribution in [0.1, 0.15) is 42.8 Å². The minimum absolute atomic E-state index is 0.0574. The second-order valence-electron chi connectivity index (χ2n) is 4.87. The molecule has 0 unspecified atom stereocenters. The second-order valence-corrected chi connectivity index (χ2v) is 5.90. The molecule has 0 saturated heterocycles. The molecule has 0 fully saturated rings. The van der Waals surface area contributed by atoms with E-state index >= 15 is 0 Å². The van der Waals surface area contributed by atoms with Crippen LogP contribution in [0.4, 0.5) is 0 Å². The Morgan fingerprint density at radius 2 is 2.25 bits per heavy atom. The number of aromatic nitrogens is 2. The fraction of sp³-hybridized carbons (Fsp3) is 0.500. The fourth-order valence-corrected chi connectivity index (χ4v) is 2.40. The van der Waals surface area contributed by atoms with Gasteiger partial charge in [0.15, 0.2) is 0 Å². The quantitative estimate of drug-likeness (QED) is 0.852. The molecule has 1 N–H and O–H groups in total. The van der Waals surface area contributed by atoms with Crippen molar-refractivity contribution in [2.75, 3.05) is 6.54 Å². The van der Waals surface area contributed by atoms with Gasteiger partial charge in [0.05, 0.1) is 0 Å². The van der Waals surface area contributed by atoms with Crippen molar-refractivity contribution >= 4 is 17.2 Å². The van der Waals surface area contributed by atoms with E-state index in [4.69, 9.17) is 4.42 Å². The highest BCUT2D eigenvalue weighted by atomic mass is 32.1. The zero-order valence-corrected chi connectivity index (χ0v) is 12.6. The van der Waals surface area contributed by atoms with Crippen LogP contribution < -0.4 is 5.32 Å². The summed E-state index contributed by atoms with van der Waals surface area (Å²) in [6.07, 6.45) is 1.88. The van der Waals surface area contributed by atoms with Gasteiger partial charge in [-0.25, -0.2) is 0 Å². The number of nitrogens with one attached hydrogen (secondary N) is 1. The molecule has 2 heterocycles. The average molecular weight is 293 g/mol. The summed E-state index contributed by atoms with van der Waals surface area (Å²) < 4.78 is 5.47. The number of hydrogen-bond donors (Lipinski definition) is 1. The largest absolute Gasteiger partial charge is 0.425 e. The minimum Gasteiger partial charge on any atom is -0.425 e. The first-order valence-electron chi connectivity index (χ1n) is 6.76. The maximum atomic E-state index is 11.7. The smallest absolute Gasteiger partial charge is 0.220 e. The Bertz CT molecular complexity index is 534. The molecule has 0 aliphatic carbocycles. The summed E-state index contributed by atoms with van der Waals surface area (Å²) in [5, 5.41) is 12.8. The van der Waals surface area contributed by atoms with Gasteiger partial charge in [-0.2, -0.15) is 0 Å². The molecule has 0 aliphatic rings. The van der Waals surface area contributed by atoms with Crippen LogP contribution in [0.3, 0.4) is 0 Å². The van der Waals surface area contributed by atoms with E-state index in [1.165, 1.54) is 4.88 Å². The normalized spacial score (nSPS) is 10.9. The lowest BCUT2D eigenvalue weighted by atomic mass is 10.2. The predicted octanol–water partition coefficient (Wildman–Crippen LogP) is 2.55. The number of hydrogen-bond acceptors (Lipinski definition) is 5. The topological polar surface area (TPSA) is 68.0 Å². The summed E-state index contributed by atoms with van der Waals surface area (Å²) in [6.45, 7) is 4.54. The van der Waals surface area contributed by atoms with Crippen molar-refractivity contribution in [3.05, 3.63) is 34.2 Å². The van der Waals surface area contributed by atoms with Gasteiger partial charge in [0.25, 0.3) is 0 Å². The van der Waals surface area contributed by atoms with Crippen LogP contribution in [0, 0.1) is 0 Å². The van der Waals surface area contributed by atoms with Crippen LogP contribution >= 0.6 is 11.3 Å². The lowest BCUT2D eigenvalue weighted by molar-refractivity contribution is -0.121. The van der Waals surface area contributed by atoms with Gasteiger partial charge < -0.3 is 9.73 Å². The third-order valence-electron chi connectivity index (χ3n) is 2.82. The molecule has 1 amide bonds. The van der Waals surface area contributed by atoms with E-state index < -0.39 is 0 Å². The van der Waals surface area contributed by atoms with E-state index in [0.29, 0.717) is 31.2 Å². The Kier molecular flexibility index (Phi) is 5.29. The van der Waals surface area contributed by atoms with Crippen LogP contribution in [-0.4, -0.2) is 22.6 Å². The van der Waals surface area contributed by atoms with Crippen molar-refractivity contribution in [1.82, 2.24) is 15.5 Å². The maximum Gasteiger partial charge on any atom is 0.220 e. The first-order valence-corrected chi connectivity index (χ1v) is 7.64. The summed E-state index contributed by atoms with van der Waals surface area (Å²) >= 11 is 1.68. The fourth-order valence-electron chi connectivity index (χ4n) is 1.69. The summed E-state index contributed by atoms with van der Waals surface area (Å²) in [5.74, 6) is 1.51. The summed E-state index contributed by atoms with van der Waals surface area (Å²) in [5.41, 5.74) is 0. The minimum atomic E-state index is 0.0574. The molecule has 0 atom stereocenters. The monoisotopic (exact) mass is 293 g/mol.